The number of hydrogen-bond acceptors (Lipinski definition) is 6. The van der Waals surface area contributed by atoms with Crippen LogP contribution in [0.2, 0.25) is 5.02 Å². The number of aromatic nitrogens is 3. The predicted octanol–water partition coefficient (Wildman–Crippen LogP) is 2.62. The van der Waals surface area contributed by atoms with E-state index in [1.165, 1.54) is 25.0 Å². The topological polar surface area (TPSA) is 109 Å². The van der Waals surface area contributed by atoms with E-state index in [9.17, 15) is 8.42 Å². The molecule has 1 aliphatic rings. The van der Waals surface area contributed by atoms with Crippen LogP contribution in [0, 0.1) is 0 Å². The summed E-state index contributed by atoms with van der Waals surface area (Å²) >= 11 is 6.11. The summed E-state index contributed by atoms with van der Waals surface area (Å²) < 4.78 is 36.4. The maximum absolute atomic E-state index is 12.0. The third-order valence-electron chi connectivity index (χ3n) is 4.49. The zero-order chi connectivity index (χ0) is 19.3. The summed E-state index contributed by atoms with van der Waals surface area (Å²) in [5.41, 5.74) is 1.33. The Morgan fingerprint density at radius 1 is 1.19 bits per heavy atom. The summed E-state index contributed by atoms with van der Waals surface area (Å²) in [5.74, 6) is 1.32. The van der Waals surface area contributed by atoms with Gasteiger partial charge in [-0.25, -0.2) is 13.6 Å². The molecule has 2 heterocycles. The average Bonchev–Trinajstić information content (AvgIpc) is 3.39. The Morgan fingerprint density at radius 2 is 1.81 bits per heavy atom. The Morgan fingerprint density at radius 3 is 2.33 bits per heavy atom. The SMILES string of the molecule is COc1nc(-n2cc(S(N)(=O)=O)c3ccc(Cl)cc32)nc(OC)c1C1CC1. The Bertz CT molecular complexity index is 1130. The first-order valence-corrected chi connectivity index (χ1v) is 10.1. The van der Waals surface area contributed by atoms with Gasteiger partial charge in [0.15, 0.2) is 0 Å². The first-order valence-electron chi connectivity index (χ1n) is 8.17. The number of nitrogens with zero attached hydrogens (tertiary/aromatic N) is 3. The van der Waals surface area contributed by atoms with Crippen LogP contribution >= 0.6 is 11.6 Å². The lowest BCUT2D eigenvalue weighted by Gasteiger charge is -2.13. The number of sulfonamides is 1. The number of benzene rings is 1. The molecule has 10 heteroatoms. The van der Waals surface area contributed by atoms with Crippen LogP contribution in [-0.4, -0.2) is 37.2 Å². The monoisotopic (exact) mass is 408 g/mol. The number of hydrogen-bond donors (Lipinski definition) is 1. The first kappa shape index (κ1) is 18.0. The second kappa shape index (κ2) is 6.36. The molecule has 0 atom stereocenters. The zero-order valence-corrected chi connectivity index (χ0v) is 16.2. The van der Waals surface area contributed by atoms with Crippen LogP contribution in [0.1, 0.15) is 24.3 Å². The van der Waals surface area contributed by atoms with Crippen molar-refractivity contribution in [2.75, 3.05) is 14.2 Å². The molecule has 1 aliphatic carbocycles. The van der Waals surface area contributed by atoms with Crippen molar-refractivity contribution in [2.24, 2.45) is 5.14 Å². The smallest absolute Gasteiger partial charge is 0.240 e. The fourth-order valence-corrected chi connectivity index (χ4v) is 4.02. The predicted molar refractivity (Wildman–Crippen MR) is 100 cm³/mol. The number of ether oxygens (including phenoxy) is 2. The van der Waals surface area contributed by atoms with Crippen molar-refractivity contribution < 1.29 is 17.9 Å². The van der Waals surface area contributed by atoms with E-state index in [4.69, 9.17) is 26.2 Å². The van der Waals surface area contributed by atoms with Crippen LogP contribution in [-0.2, 0) is 10.0 Å². The van der Waals surface area contributed by atoms with Crippen molar-refractivity contribution in [2.45, 2.75) is 23.7 Å². The Hall–Kier alpha value is -2.36. The van der Waals surface area contributed by atoms with Crippen molar-refractivity contribution in [3.63, 3.8) is 0 Å². The van der Waals surface area contributed by atoms with Gasteiger partial charge in [0.2, 0.25) is 27.7 Å². The molecule has 2 N–H and O–H groups in total. The third-order valence-corrected chi connectivity index (χ3v) is 5.66. The highest BCUT2D eigenvalue weighted by molar-refractivity contribution is 7.89. The van der Waals surface area contributed by atoms with Crippen LogP contribution in [0.5, 0.6) is 11.8 Å². The van der Waals surface area contributed by atoms with Crippen LogP contribution in [0.4, 0.5) is 0 Å². The summed E-state index contributed by atoms with van der Waals surface area (Å²) in [6, 6.07) is 4.82. The molecule has 0 aliphatic heterocycles. The van der Waals surface area contributed by atoms with Gasteiger partial charge in [-0.1, -0.05) is 11.6 Å². The maximum atomic E-state index is 12.0. The van der Waals surface area contributed by atoms with E-state index in [0.717, 1.165) is 18.4 Å². The van der Waals surface area contributed by atoms with Gasteiger partial charge in [0.25, 0.3) is 0 Å². The van der Waals surface area contributed by atoms with Crippen molar-refractivity contribution in [1.82, 2.24) is 14.5 Å². The first-order chi connectivity index (χ1) is 12.8. The minimum absolute atomic E-state index is 0.0398. The van der Waals surface area contributed by atoms with E-state index in [-0.39, 0.29) is 10.8 Å². The maximum Gasteiger partial charge on any atom is 0.240 e. The third kappa shape index (κ3) is 3.11. The van der Waals surface area contributed by atoms with Gasteiger partial charge in [-0.3, -0.25) is 4.57 Å². The molecule has 0 saturated heterocycles. The number of methoxy groups -OCH3 is 2. The Labute approximate surface area is 160 Å². The van der Waals surface area contributed by atoms with E-state index >= 15 is 0 Å². The molecule has 142 valence electrons. The lowest BCUT2D eigenvalue weighted by molar-refractivity contribution is 0.361. The number of halogens is 1. The molecule has 0 radical (unpaired) electrons. The van der Waals surface area contributed by atoms with Gasteiger partial charge >= 0.3 is 0 Å². The Balaban J connectivity index is 2.01. The molecule has 0 bridgehead atoms. The fourth-order valence-electron chi connectivity index (χ4n) is 3.12. The van der Waals surface area contributed by atoms with Crippen molar-refractivity contribution in [3.8, 4) is 17.7 Å². The summed E-state index contributed by atoms with van der Waals surface area (Å²) in [7, 11) is -0.903. The average molecular weight is 409 g/mol. The number of nitrogens with two attached hydrogens (primary N) is 1. The van der Waals surface area contributed by atoms with E-state index in [1.54, 1.807) is 18.2 Å². The number of fused-ring (bicyclic) bond motifs is 1. The molecular formula is C17H17ClN4O4S. The summed E-state index contributed by atoms with van der Waals surface area (Å²) in [4.78, 5) is 8.91. The minimum Gasteiger partial charge on any atom is -0.481 e. The van der Waals surface area contributed by atoms with Crippen molar-refractivity contribution in [1.29, 1.82) is 0 Å². The summed E-state index contributed by atoms with van der Waals surface area (Å²) in [5, 5.41) is 6.24. The van der Waals surface area contributed by atoms with E-state index in [1.807, 2.05) is 0 Å². The van der Waals surface area contributed by atoms with Crippen LogP contribution in [0.15, 0.2) is 29.3 Å². The molecule has 1 fully saturated rings. The quantitative estimate of drug-likeness (QED) is 0.694. The molecule has 1 aromatic carbocycles. The lowest BCUT2D eigenvalue weighted by Crippen LogP contribution is -2.11. The van der Waals surface area contributed by atoms with Crippen LogP contribution in [0.25, 0.3) is 16.9 Å². The van der Waals surface area contributed by atoms with E-state index in [2.05, 4.69) is 9.97 Å². The highest BCUT2D eigenvalue weighted by Crippen LogP contribution is 2.47. The van der Waals surface area contributed by atoms with Gasteiger partial charge in [0.1, 0.15) is 4.90 Å². The molecule has 0 amide bonds. The van der Waals surface area contributed by atoms with Crippen LogP contribution < -0.4 is 14.6 Å². The van der Waals surface area contributed by atoms with Gasteiger partial charge in [-0.15, -0.1) is 0 Å². The standard InChI is InChI=1S/C17H17ClN4O4S/c1-25-15-14(9-3-4-9)16(26-2)21-17(20-15)22-8-13(27(19,23)24)11-6-5-10(18)7-12(11)22/h5-9H,3-4H2,1-2H3,(H2,19,23,24). The highest BCUT2D eigenvalue weighted by atomic mass is 35.5. The zero-order valence-electron chi connectivity index (χ0n) is 14.6. The van der Waals surface area contributed by atoms with Gasteiger partial charge in [-0.05, 0) is 37.0 Å². The molecule has 4 rings (SSSR count). The fraction of sp³-hybridized carbons (Fsp3) is 0.294. The second-order valence-electron chi connectivity index (χ2n) is 6.30. The highest BCUT2D eigenvalue weighted by Gasteiger charge is 2.33. The lowest BCUT2D eigenvalue weighted by atomic mass is 10.2. The van der Waals surface area contributed by atoms with Gasteiger partial charge < -0.3 is 9.47 Å². The minimum atomic E-state index is -3.95. The van der Waals surface area contributed by atoms with Crippen LogP contribution in [0.3, 0.4) is 0 Å². The molecule has 2 aromatic heterocycles. The van der Waals surface area contributed by atoms with Crippen molar-refractivity contribution in [3.05, 3.63) is 35.0 Å². The molecule has 1 saturated carbocycles. The largest absolute Gasteiger partial charge is 0.481 e. The molecule has 27 heavy (non-hydrogen) atoms. The van der Waals surface area contributed by atoms with E-state index in [0.29, 0.717) is 33.6 Å². The van der Waals surface area contributed by atoms with Gasteiger partial charge in [0.05, 0.1) is 25.3 Å². The summed E-state index contributed by atoms with van der Waals surface area (Å²) in [6.45, 7) is 0. The number of primary sulfonamides is 1. The molecule has 0 spiro atoms. The molecule has 0 unspecified atom stereocenters. The normalized spacial score (nSPS) is 14.5. The van der Waals surface area contributed by atoms with Crippen molar-refractivity contribution >= 4 is 32.5 Å². The second-order valence-corrected chi connectivity index (χ2v) is 8.27. The molecule has 3 aromatic rings. The van der Waals surface area contributed by atoms with Gasteiger partial charge in [-0.2, -0.15) is 9.97 Å². The Kier molecular flexibility index (Phi) is 4.25. The van der Waals surface area contributed by atoms with Gasteiger partial charge in [0, 0.05) is 16.6 Å². The number of rotatable bonds is 5. The molecular weight excluding hydrogens is 392 g/mol. The van der Waals surface area contributed by atoms with E-state index < -0.39 is 10.0 Å². The summed E-state index contributed by atoms with van der Waals surface area (Å²) in [6.07, 6.45) is 3.42. The molecule has 8 nitrogen and oxygen atoms in total.